The first kappa shape index (κ1) is 14.5. The maximum absolute atomic E-state index is 8.31. The van der Waals surface area contributed by atoms with Crippen molar-refractivity contribution in [1.82, 2.24) is 5.01 Å². The SMILES string of the molecule is N=C1SCC(C2=CC=CCC=C2)=NN1C(=N)c1ccccc1. The van der Waals surface area contributed by atoms with Crippen molar-refractivity contribution < 1.29 is 0 Å². The van der Waals surface area contributed by atoms with Crippen molar-refractivity contribution in [3.63, 3.8) is 0 Å². The summed E-state index contributed by atoms with van der Waals surface area (Å²) in [5.74, 6) is 0.880. The zero-order valence-electron chi connectivity index (χ0n) is 12.0. The summed E-state index contributed by atoms with van der Waals surface area (Å²) in [6.45, 7) is 0. The number of benzene rings is 1. The van der Waals surface area contributed by atoms with Crippen LogP contribution in [0, 0.1) is 10.8 Å². The third-order valence-electron chi connectivity index (χ3n) is 3.33. The molecule has 0 atom stereocenters. The summed E-state index contributed by atoms with van der Waals surface area (Å²) in [6, 6.07) is 9.40. The van der Waals surface area contributed by atoms with Gasteiger partial charge in [-0.1, -0.05) is 72.5 Å². The van der Waals surface area contributed by atoms with Crippen LogP contribution in [-0.4, -0.2) is 27.5 Å². The van der Waals surface area contributed by atoms with Gasteiger partial charge in [-0.15, -0.1) is 0 Å². The number of hydrogen-bond donors (Lipinski definition) is 2. The van der Waals surface area contributed by atoms with Crippen molar-refractivity contribution in [3.05, 3.63) is 71.8 Å². The summed E-state index contributed by atoms with van der Waals surface area (Å²) >= 11 is 1.40. The predicted molar refractivity (Wildman–Crippen MR) is 93.7 cm³/mol. The van der Waals surface area contributed by atoms with Gasteiger partial charge in [0.25, 0.3) is 0 Å². The summed E-state index contributed by atoms with van der Waals surface area (Å²) in [5.41, 5.74) is 2.69. The highest BCUT2D eigenvalue weighted by molar-refractivity contribution is 8.14. The lowest BCUT2D eigenvalue weighted by atomic mass is 10.1. The Morgan fingerprint density at radius 1 is 1.18 bits per heavy atom. The first-order valence-electron chi connectivity index (χ1n) is 7.02. The fourth-order valence-corrected chi connectivity index (χ4v) is 2.93. The first-order valence-corrected chi connectivity index (χ1v) is 8.01. The lowest BCUT2D eigenvalue weighted by Gasteiger charge is -2.25. The van der Waals surface area contributed by atoms with E-state index in [2.05, 4.69) is 23.3 Å². The second-order valence-corrected chi connectivity index (χ2v) is 5.82. The van der Waals surface area contributed by atoms with Crippen LogP contribution >= 0.6 is 11.8 Å². The highest BCUT2D eigenvalue weighted by Crippen LogP contribution is 2.22. The third-order valence-corrected chi connectivity index (χ3v) is 4.20. The molecule has 0 aromatic heterocycles. The number of amidine groups is 2. The van der Waals surface area contributed by atoms with Gasteiger partial charge < -0.3 is 0 Å². The van der Waals surface area contributed by atoms with Crippen LogP contribution in [0.15, 0.2) is 71.4 Å². The Morgan fingerprint density at radius 3 is 2.82 bits per heavy atom. The summed E-state index contributed by atoms with van der Waals surface area (Å²) in [6.07, 6.45) is 11.2. The highest BCUT2D eigenvalue weighted by atomic mass is 32.2. The molecule has 22 heavy (non-hydrogen) atoms. The van der Waals surface area contributed by atoms with Crippen LogP contribution in [0.3, 0.4) is 0 Å². The quantitative estimate of drug-likeness (QED) is 0.645. The van der Waals surface area contributed by atoms with Gasteiger partial charge >= 0.3 is 0 Å². The van der Waals surface area contributed by atoms with Gasteiger partial charge in [0.05, 0.1) is 5.71 Å². The average Bonchev–Trinajstić information content (AvgIpc) is 2.85. The minimum Gasteiger partial charge on any atom is -0.282 e. The van der Waals surface area contributed by atoms with Gasteiger partial charge in [-0.3, -0.25) is 10.8 Å². The molecule has 1 aromatic rings. The van der Waals surface area contributed by atoms with Crippen molar-refractivity contribution in [2.45, 2.75) is 6.42 Å². The van der Waals surface area contributed by atoms with Gasteiger partial charge in [0.2, 0.25) is 0 Å². The minimum atomic E-state index is 0.226. The normalized spacial score (nSPS) is 17.8. The molecule has 0 bridgehead atoms. The fraction of sp³-hybridized carbons (Fsp3) is 0.118. The van der Waals surface area contributed by atoms with E-state index in [1.54, 1.807) is 0 Å². The van der Waals surface area contributed by atoms with Crippen molar-refractivity contribution in [2.75, 3.05) is 5.75 Å². The smallest absolute Gasteiger partial charge is 0.183 e. The Kier molecular flexibility index (Phi) is 4.34. The number of hydrogen-bond acceptors (Lipinski definition) is 4. The zero-order valence-corrected chi connectivity index (χ0v) is 12.8. The van der Waals surface area contributed by atoms with E-state index in [-0.39, 0.29) is 11.0 Å². The van der Waals surface area contributed by atoms with Crippen LogP contribution in [0.4, 0.5) is 0 Å². The van der Waals surface area contributed by atoms with E-state index in [0.29, 0.717) is 5.75 Å². The van der Waals surface area contributed by atoms with Crippen molar-refractivity contribution >= 4 is 28.5 Å². The molecule has 1 aliphatic carbocycles. The largest absolute Gasteiger partial charge is 0.282 e. The number of rotatable bonds is 2. The molecule has 0 saturated heterocycles. The van der Waals surface area contributed by atoms with Gasteiger partial charge in [0, 0.05) is 11.3 Å². The number of hydrazone groups is 1. The molecule has 0 fully saturated rings. The predicted octanol–water partition coefficient (Wildman–Crippen LogP) is 3.79. The van der Waals surface area contributed by atoms with Crippen LogP contribution in [0.1, 0.15) is 12.0 Å². The first-order chi connectivity index (χ1) is 10.8. The van der Waals surface area contributed by atoms with E-state index in [9.17, 15) is 0 Å². The van der Waals surface area contributed by atoms with Crippen LogP contribution < -0.4 is 0 Å². The lowest BCUT2D eigenvalue weighted by molar-refractivity contribution is 0.661. The summed E-state index contributed by atoms with van der Waals surface area (Å²) < 4.78 is 0. The Balaban J connectivity index is 1.91. The molecular weight excluding hydrogens is 292 g/mol. The van der Waals surface area contributed by atoms with E-state index >= 15 is 0 Å². The molecule has 4 nitrogen and oxygen atoms in total. The van der Waals surface area contributed by atoms with Gasteiger partial charge in [-0.2, -0.15) is 10.1 Å². The second kappa shape index (κ2) is 6.58. The topological polar surface area (TPSA) is 63.3 Å². The van der Waals surface area contributed by atoms with Crippen LogP contribution in [0.2, 0.25) is 0 Å². The average molecular weight is 308 g/mol. The molecular formula is C17H16N4S. The Morgan fingerprint density at radius 2 is 2.00 bits per heavy atom. The van der Waals surface area contributed by atoms with Gasteiger partial charge in [-0.05, 0) is 12.0 Å². The Bertz CT molecular complexity index is 713. The molecule has 0 radical (unpaired) electrons. The van der Waals surface area contributed by atoms with Crippen molar-refractivity contribution in [3.8, 4) is 0 Å². The minimum absolute atomic E-state index is 0.226. The summed E-state index contributed by atoms with van der Waals surface area (Å²) in [5, 5.41) is 22.6. The maximum atomic E-state index is 8.31. The lowest BCUT2D eigenvalue weighted by Crippen LogP contribution is -2.35. The number of thioether (sulfide) groups is 1. The number of nitrogens with one attached hydrogen (secondary N) is 2. The van der Waals surface area contributed by atoms with E-state index < -0.39 is 0 Å². The molecule has 0 spiro atoms. The fourth-order valence-electron chi connectivity index (χ4n) is 2.18. The monoisotopic (exact) mass is 308 g/mol. The Labute approximate surface area is 133 Å². The van der Waals surface area contributed by atoms with E-state index in [0.717, 1.165) is 23.3 Å². The molecule has 2 N–H and O–H groups in total. The van der Waals surface area contributed by atoms with E-state index in [4.69, 9.17) is 10.8 Å². The highest BCUT2D eigenvalue weighted by Gasteiger charge is 2.23. The van der Waals surface area contributed by atoms with Gasteiger partial charge in [-0.25, -0.2) is 0 Å². The van der Waals surface area contributed by atoms with Gasteiger partial charge in [0.15, 0.2) is 11.0 Å². The summed E-state index contributed by atoms with van der Waals surface area (Å²) in [4.78, 5) is 0. The molecule has 0 amide bonds. The van der Waals surface area contributed by atoms with Crippen LogP contribution in [0.25, 0.3) is 0 Å². The van der Waals surface area contributed by atoms with Crippen molar-refractivity contribution in [2.24, 2.45) is 5.10 Å². The standard InChI is InChI=1S/C17H16N4S/c18-16(14-10-6-3-7-11-14)21-17(19)22-12-15(20-21)13-8-4-1-2-5-9-13/h1,3-11,18-19H,2,12H2. The molecule has 1 aromatic carbocycles. The number of nitrogens with zero attached hydrogens (tertiary/aromatic N) is 2. The molecule has 2 aliphatic rings. The number of allylic oxidation sites excluding steroid dienone is 6. The molecule has 110 valence electrons. The Hall–Kier alpha value is -2.40. The van der Waals surface area contributed by atoms with E-state index in [1.165, 1.54) is 16.8 Å². The van der Waals surface area contributed by atoms with Gasteiger partial charge in [0.1, 0.15) is 0 Å². The second-order valence-electron chi connectivity index (χ2n) is 4.86. The maximum Gasteiger partial charge on any atom is 0.183 e. The molecule has 1 heterocycles. The third kappa shape index (κ3) is 3.09. The molecule has 0 unspecified atom stereocenters. The molecule has 0 saturated carbocycles. The van der Waals surface area contributed by atoms with Crippen LogP contribution in [-0.2, 0) is 0 Å². The van der Waals surface area contributed by atoms with Crippen LogP contribution in [0.5, 0.6) is 0 Å². The molecule has 1 aliphatic heterocycles. The molecule has 5 heteroatoms. The van der Waals surface area contributed by atoms with E-state index in [1.807, 2.05) is 42.5 Å². The zero-order chi connectivity index (χ0) is 15.4. The summed E-state index contributed by atoms with van der Waals surface area (Å²) in [7, 11) is 0. The molecule has 3 rings (SSSR count). The van der Waals surface area contributed by atoms with Crippen molar-refractivity contribution in [1.29, 1.82) is 10.8 Å².